The normalized spacial score (nSPS) is 13.6. The maximum Gasteiger partial charge on any atom is 0.306 e. The fraction of sp³-hybridized carbons (Fsp3) is 0.360. The number of fused-ring (bicyclic) bond motifs is 1. The lowest BCUT2D eigenvalue weighted by atomic mass is 10.0. The van der Waals surface area contributed by atoms with Crippen LogP contribution in [0.25, 0.3) is 0 Å². The third kappa shape index (κ3) is 5.39. The van der Waals surface area contributed by atoms with Gasteiger partial charge in [-0.25, -0.2) is 0 Å². The predicted molar refractivity (Wildman–Crippen MR) is 124 cm³/mol. The van der Waals surface area contributed by atoms with Crippen LogP contribution in [-0.4, -0.2) is 42.8 Å². The molecule has 1 atom stereocenters. The van der Waals surface area contributed by atoms with Gasteiger partial charge < -0.3 is 14.8 Å². The molecule has 0 saturated carbocycles. The number of rotatable bonds is 8. The van der Waals surface area contributed by atoms with Crippen LogP contribution in [0.2, 0.25) is 0 Å². The molecule has 0 aromatic heterocycles. The van der Waals surface area contributed by atoms with Gasteiger partial charge in [-0.05, 0) is 63.1 Å². The molecule has 3 rings (SSSR count). The first kappa shape index (κ1) is 24.0. The van der Waals surface area contributed by atoms with Gasteiger partial charge in [-0.1, -0.05) is 12.1 Å². The Morgan fingerprint density at radius 3 is 2.64 bits per heavy atom. The Bertz CT molecular complexity index is 1090. The fourth-order valence-corrected chi connectivity index (χ4v) is 3.60. The Morgan fingerprint density at radius 1 is 1.15 bits per heavy atom. The first-order chi connectivity index (χ1) is 15.7. The molecule has 1 aliphatic rings. The average molecular weight is 453 g/mol. The van der Waals surface area contributed by atoms with Gasteiger partial charge in [0.15, 0.2) is 12.4 Å². The number of Topliss-reactive ketones (excluding diaryl/α,β-unsaturated/α-hetero) is 1. The number of nitrogens with zero attached hydrogens (tertiary/aromatic N) is 1. The quantitative estimate of drug-likeness (QED) is 0.485. The second kappa shape index (κ2) is 10.3. The lowest BCUT2D eigenvalue weighted by Gasteiger charge is -2.33. The summed E-state index contributed by atoms with van der Waals surface area (Å²) in [4.78, 5) is 51.3. The van der Waals surface area contributed by atoms with Crippen molar-refractivity contribution in [1.29, 1.82) is 0 Å². The third-order valence-corrected chi connectivity index (χ3v) is 5.65. The molecule has 1 N–H and O–H groups in total. The Morgan fingerprint density at radius 2 is 1.91 bits per heavy atom. The largest absolute Gasteiger partial charge is 0.482 e. The van der Waals surface area contributed by atoms with E-state index >= 15 is 0 Å². The topological polar surface area (TPSA) is 102 Å². The van der Waals surface area contributed by atoms with E-state index in [1.165, 1.54) is 11.0 Å². The first-order valence-corrected chi connectivity index (χ1v) is 10.9. The van der Waals surface area contributed by atoms with Crippen LogP contribution >= 0.6 is 0 Å². The highest BCUT2D eigenvalue weighted by atomic mass is 16.5. The molecule has 1 aliphatic heterocycles. The Hall–Kier alpha value is -3.68. The van der Waals surface area contributed by atoms with E-state index in [0.29, 0.717) is 22.7 Å². The summed E-state index contributed by atoms with van der Waals surface area (Å²) in [6, 6.07) is 9.49. The zero-order chi connectivity index (χ0) is 24.1. The predicted octanol–water partition coefficient (Wildman–Crippen LogP) is 3.58. The van der Waals surface area contributed by atoms with Crippen LogP contribution in [0.3, 0.4) is 0 Å². The lowest BCUT2D eigenvalue weighted by molar-refractivity contribution is -0.143. The minimum Gasteiger partial charge on any atom is -0.482 e. The van der Waals surface area contributed by atoms with Gasteiger partial charge in [-0.3, -0.25) is 24.1 Å². The third-order valence-electron chi connectivity index (χ3n) is 5.65. The second-order valence-corrected chi connectivity index (χ2v) is 7.88. The number of benzene rings is 2. The molecule has 2 aromatic rings. The summed E-state index contributed by atoms with van der Waals surface area (Å²) in [5.41, 5.74) is 3.33. The van der Waals surface area contributed by atoms with Crippen molar-refractivity contribution in [1.82, 2.24) is 0 Å². The van der Waals surface area contributed by atoms with E-state index in [1.807, 2.05) is 32.0 Å². The van der Waals surface area contributed by atoms with Crippen molar-refractivity contribution < 1.29 is 28.7 Å². The molecule has 0 aliphatic carbocycles. The highest BCUT2D eigenvalue weighted by Crippen LogP contribution is 2.35. The number of amides is 2. The molecule has 0 fully saturated rings. The van der Waals surface area contributed by atoms with Crippen LogP contribution in [-0.2, 0) is 19.1 Å². The molecule has 0 spiro atoms. The number of esters is 1. The van der Waals surface area contributed by atoms with Gasteiger partial charge in [0, 0.05) is 17.7 Å². The average Bonchev–Trinajstić information content (AvgIpc) is 2.79. The van der Waals surface area contributed by atoms with Crippen molar-refractivity contribution in [2.24, 2.45) is 0 Å². The van der Waals surface area contributed by atoms with E-state index in [2.05, 4.69) is 5.32 Å². The number of anilines is 2. The standard InChI is InChI=1S/C25H28N2O6/c1-5-32-24(30)12-10-21(28)18-9-11-22-20(13-18)27(23(29)14-33-22)17(4)25(31)26-19-8-6-7-15(2)16(19)3/h6-9,11,13,17H,5,10,12,14H2,1-4H3,(H,26,31). The summed E-state index contributed by atoms with van der Waals surface area (Å²) < 4.78 is 10.4. The SMILES string of the molecule is CCOC(=O)CCC(=O)c1ccc2c(c1)N(C(C)C(=O)Nc1cccc(C)c1C)C(=O)CO2. The molecule has 2 amide bonds. The van der Waals surface area contributed by atoms with Crippen molar-refractivity contribution in [3.8, 4) is 5.75 Å². The molecule has 174 valence electrons. The van der Waals surface area contributed by atoms with Crippen molar-refractivity contribution in [2.75, 3.05) is 23.4 Å². The van der Waals surface area contributed by atoms with Crippen molar-refractivity contribution in [3.63, 3.8) is 0 Å². The maximum atomic E-state index is 13.0. The number of nitrogens with one attached hydrogen (secondary N) is 1. The van der Waals surface area contributed by atoms with E-state index < -0.39 is 12.0 Å². The van der Waals surface area contributed by atoms with Crippen LogP contribution in [0.5, 0.6) is 5.75 Å². The van der Waals surface area contributed by atoms with Crippen molar-refractivity contribution in [3.05, 3.63) is 53.1 Å². The van der Waals surface area contributed by atoms with Gasteiger partial charge in [0.1, 0.15) is 11.8 Å². The summed E-state index contributed by atoms with van der Waals surface area (Å²) >= 11 is 0. The van der Waals surface area contributed by atoms with Gasteiger partial charge in [0.25, 0.3) is 5.91 Å². The van der Waals surface area contributed by atoms with E-state index in [1.54, 1.807) is 26.0 Å². The monoisotopic (exact) mass is 452 g/mol. The number of ether oxygens (including phenoxy) is 2. The van der Waals surface area contributed by atoms with E-state index in [9.17, 15) is 19.2 Å². The van der Waals surface area contributed by atoms with Gasteiger partial charge in [-0.15, -0.1) is 0 Å². The number of carbonyl (C=O) groups excluding carboxylic acids is 4. The van der Waals surface area contributed by atoms with E-state index in [-0.39, 0.29) is 43.7 Å². The number of hydrogen-bond acceptors (Lipinski definition) is 6. The van der Waals surface area contributed by atoms with Gasteiger partial charge >= 0.3 is 5.97 Å². The maximum absolute atomic E-state index is 13.0. The summed E-state index contributed by atoms with van der Waals surface area (Å²) in [6.45, 7) is 7.25. The van der Waals surface area contributed by atoms with Crippen LogP contribution < -0.4 is 15.0 Å². The van der Waals surface area contributed by atoms with Gasteiger partial charge in [0.05, 0.1) is 18.7 Å². The van der Waals surface area contributed by atoms with E-state index in [4.69, 9.17) is 9.47 Å². The molecule has 0 bridgehead atoms. The Labute approximate surface area is 192 Å². The van der Waals surface area contributed by atoms with E-state index in [0.717, 1.165) is 11.1 Å². The minimum atomic E-state index is -0.843. The van der Waals surface area contributed by atoms with Crippen molar-refractivity contribution >= 4 is 34.9 Å². The number of carbonyl (C=O) groups is 4. The zero-order valence-electron chi connectivity index (χ0n) is 19.3. The Balaban J connectivity index is 1.82. The highest BCUT2D eigenvalue weighted by Gasteiger charge is 2.34. The molecule has 1 heterocycles. The van der Waals surface area contributed by atoms with Crippen LogP contribution in [0.4, 0.5) is 11.4 Å². The smallest absolute Gasteiger partial charge is 0.306 e. The first-order valence-electron chi connectivity index (χ1n) is 10.9. The molecular formula is C25H28N2O6. The van der Waals surface area contributed by atoms with Crippen molar-refractivity contribution in [2.45, 2.75) is 46.6 Å². The van der Waals surface area contributed by atoms with Gasteiger partial charge in [0.2, 0.25) is 5.91 Å². The number of ketones is 1. The molecule has 8 nitrogen and oxygen atoms in total. The molecule has 33 heavy (non-hydrogen) atoms. The molecule has 0 radical (unpaired) electrons. The summed E-state index contributed by atoms with van der Waals surface area (Å²) in [7, 11) is 0. The summed E-state index contributed by atoms with van der Waals surface area (Å²) in [5, 5.41) is 2.89. The molecule has 0 saturated heterocycles. The van der Waals surface area contributed by atoms with Crippen LogP contribution in [0.15, 0.2) is 36.4 Å². The molecule has 1 unspecified atom stereocenters. The fourth-order valence-electron chi connectivity index (χ4n) is 3.60. The molecular weight excluding hydrogens is 424 g/mol. The second-order valence-electron chi connectivity index (χ2n) is 7.88. The van der Waals surface area contributed by atoms with Gasteiger partial charge in [-0.2, -0.15) is 0 Å². The Kier molecular flexibility index (Phi) is 7.48. The summed E-state index contributed by atoms with van der Waals surface area (Å²) in [6.07, 6.45) is -0.0490. The number of aryl methyl sites for hydroxylation is 1. The lowest BCUT2D eigenvalue weighted by Crippen LogP contribution is -2.49. The highest BCUT2D eigenvalue weighted by molar-refractivity contribution is 6.08. The number of hydrogen-bond donors (Lipinski definition) is 1. The van der Waals surface area contributed by atoms with Crippen LogP contribution in [0, 0.1) is 13.8 Å². The molecule has 2 aromatic carbocycles. The van der Waals surface area contributed by atoms with Crippen LogP contribution in [0.1, 0.15) is 48.2 Å². The zero-order valence-corrected chi connectivity index (χ0v) is 19.3. The molecule has 8 heteroatoms. The minimum absolute atomic E-state index is 0.0188. The summed E-state index contributed by atoms with van der Waals surface area (Å²) in [5.74, 6) is -1.05.